The minimum Gasteiger partial charge on any atom is -0.454 e. The Morgan fingerprint density at radius 1 is 1.13 bits per heavy atom. The van der Waals surface area contributed by atoms with Crippen LogP contribution in [0.2, 0.25) is 0 Å². The monoisotopic (exact) mass is 423 g/mol. The number of halogens is 3. The van der Waals surface area contributed by atoms with E-state index in [1.54, 1.807) is 18.2 Å². The van der Waals surface area contributed by atoms with Gasteiger partial charge in [0.25, 0.3) is 0 Å². The van der Waals surface area contributed by atoms with E-state index in [0.717, 1.165) is 12.1 Å². The first-order valence-electron chi connectivity index (χ1n) is 8.90. The maximum Gasteiger partial charge on any atom is 0.418 e. The maximum absolute atomic E-state index is 13.0. The molecule has 4 rings (SSSR count). The number of rotatable bonds is 4. The molecule has 2 N–H and O–H groups in total. The van der Waals surface area contributed by atoms with E-state index in [1.807, 2.05) is 0 Å². The molecule has 8 nitrogen and oxygen atoms in total. The molecule has 2 aromatic carbocycles. The second-order valence-electron chi connectivity index (χ2n) is 6.53. The molecule has 1 atom stereocenters. The molecular weight excluding hydrogens is 407 g/mol. The van der Waals surface area contributed by atoms with Crippen LogP contribution in [0.5, 0.6) is 11.5 Å². The smallest absolute Gasteiger partial charge is 0.418 e. The van der Waals surface area contributed by atoms with Gasteiger partial charge in [0.15, 0.2) is 11.5 Å². The highest BCUT2D eigenvalue weighted by Gasteiger charge is 2.35. The van der Waals surface area contributed by atoms with Crippen molar-refractivity contribution < 1.29 is 37.0 Å². The van der Waals surface area contributed by atoms with Crippen LogP contribution in [0.15, 0.2) is 42.5 Å². The van der Waals surface area contributed by atoms with E-state index in [1.165, 1.54) is 17.0 Å². The van der Waals surface area contributed by atoms with Gasteiger partial charge in [-0.15, -0.1) is 0 Å². The van der Waals surface area contributed by atoms with Gasteiger partial charge in [0.05, 0.1) is 30.0 Å². The Bertz CT molecular complexity index is 982. The molecule has 2 heterocycles. The third-order valence-corrected chi connectivity index (χ3v) is 4.51. The molecule has 0 unspecified atom stereocenters. The van der Waals surface area contributed by atoms with Gasteiger partial charge >= 0.3 is 18.3 Å². The highest BCUT2D eigenvalue weighted by atomic mass is 19.4. The summed E-state index contributed by atoms with van der Waals surface area (Å²) in [6.45, 7) is 0.174. The van der Waals surface area contributed by atoms with Crippen molar-refractivity contribution in [2.45, 2.75) is 12.3 Å². The second kappa shape index (κ2) is 7.65. The van der Waals surface area contributed by atoms with Gasteiger partial charge in [0, 0.05) is 6.07 Å². The number of amides is 3. The number of hydrogen-bond donors (Lipinski definition) is 2. The number of alkyl halides is 3. The van der Waals surface area contributed by atoms with E-state index in [-0.39, 0.29) is 25.6 Å². The predicted octanol–water partition coefficient (Wildman–Crippen LogP) is 3.58. The van der Waals surface area contributed by atoms with Gasteiger partial charge in [-0.05, 0) is 24.3 Å². The van der Waals surface area contributed by atoms with Crippen LogP contribution in [0.25, 0.3) is 0 Å². The van der Waals surface area contributed by atoms with Crippen LogP contribution in [-0.2, 0) is 10.9 Å². The molecule has 2 aromatic rings. The molecule has 2 aliphatic heterocycles. The Morgan fingerprint density at radius 2 is 1.90 bits per heavy atom. The van der Waals surface area contributed by atoms with Crippen LogP contribution >= 0.6 is 0 Å². The molecule has 1 saturated heterocycles. The molecule has 3 amide bonds. The highest BCUT2D eigenvalue weighted by molar-refractivity contribution is 5.91. The summed E-state index contributed by atoms with van der Waals surface area (Å²) in [4.78, 5) is 25.6. The van der Waals surface area contributed by atoms with E-state index in [0.29, 0.717) is 17.2 Å². The number of carbonyl (C=O) groups is 2. The summed E-state index contributed by atoms with van der Waals surface area (Å²) < 4.78 is 54.8. The average Bonchev–Trinajstić information content (AvgIpc) is 3.31. The van der Waals surface area contributed by atoms with Gasteiger partial charge in [-0.25, -0.2) is 9.59 Å². The summed E-state index contributed by atoms with van der Waals surface area (Å²) in [5, 5.41) is 4.59. The lowest BCUT2D eigenvalue weighted by Crippen LogP contribution is -2.37. The van der Waals surface area contributed by atoms with Crippen molar-refractivity contribution in [2.75, 3.05) is 30.1 Å². The van der Waals surface area contributed by atoms with Gasteiger partial charge in [0.1, 0.15) is 6.10 Å². The SMILES string of the molecule is O=C(NC[C@@H]1CN(c2ccc3c(c2)OCO3)C(=O)O1)Nc1ccccc1C(F)(F)F. The number of hydrogen-bond acceptors (Lipinski definition) is 5. The topological polar surface area (TPSA) is 89.1 Å². The molecule has 0 saturated carbocycles. The number of urea groups is 1. The number of ether oxygens (including phenoxy) is 3. The zero-order valence-electron chi connectivity index (χ0n) is 15.4. The van der Waals surface area contributed by atoms with Crippen molar-refractivity contribution >= 4 is 23.5 Å². The van der Waals surface area contributed by atoms with Crippen molar-refractivity contribution in [1.82, 2.24) is 5.32 Å². The van der Waals surface area contributed by atoms with Crippen LogP contribution in [0, 0.1) is 0 Å². The van der Waals surface area contributed by atoms with Gasteiger partial charge < -0.3 is 24.8 Å². The van der Waals surface area contributed by atoms with E-state index in [2.05, 4.69) is 10.6 Å². The molecule has 158 valence electrons. The second-order valence-corrected chi connectivity index (χ2v) is 6.53. The number of nitrogens with zero attached hydrogens (tertiary/aromatic N) is 1. The van der Waals surface area contributed by atoms with Gasteiger partial charge in [-0.3, -0.25) is 4.90 Å². The van der Waals surface area contributed by atoms with Crippen LogP contribution in [0.3, 0.4) is 0 Å². The summed E-state index contributed by atoms with van der Waals surface area (Å²) in [5.41, 5.74) is -0.787. The van der Waals surface area contributed by atoms with E-state index in [4.69, 9.17) is 14.2 Å². The molecule has 11 heteroatoms. The quantitative estimate of drug-likeness (QED) is 0.785. The fourth-order valence-corrected chi connectivity index (χ4v) is 3.10. The zero-order chi connectivity index (χ0) is 21.3. The number of anilines is 2. The first-order valence-corrected chi connectivity index (χ1v) is 8.90. The molecule has 0 radical (unpaired) electrons. The first kappa shape index (κ1) is 19.7. The number of nitrogens with one attached hydrogen (secondary N) is 2. The molecule has 0 bridgehead atoms. The zero-order valence-corrected chi connectivity index (χ0v) is 15.4. The van der Waals surface area contributed by atoms with Gasteiger partial charge in [0.2, 0.25) is 6.79 Å². The highest BCUT2D eigenvalue weighted by Crippen LogP contribution is 2.37. The lowest BCUT2D eigenvalue weighted by Gasteiger charge is -2.15. The van der Waals surface area contributed by atoms with Crippen LogP contribution in [0.1, 0.15) is 5.56 Å². The Hall–Kier alpha value is -3.63. The summed E-state index contributed by atoms with van der Waals surface area (Å²) in [6, 6.07) is 8.77. The van der Waals surface area contributed by atoms with Crippen LogP contribution < -0.4 is 25.0 Å². The van der Waals surface area contributed by atoms with Crippen molar-refractivity contribution in [3.63, 3.8) is 0 Å². The minimum atomic E-state index is -4.60. The molecule has 30 heavy (non-hydrogen) atoms. The molecular formula is C19H16F3N3O5. The number of cyclic esters (lactones) is 1. The number of carbonyl (C=O) groups excluding carboxylic acids is 2. The first-order chi connectivity index (χ1) is 14.3. The van der Waals surface area contributed by atoms with Gasteiger partial charge in [-0.1, -0.05) is 12.1 Å². The van der Waals surface area contributed by atoms with Crippen LogP contribution in [0.4, 0.5) is 34.1 Å². The Labute approximate surface area is 168 Å². The summed E-state index contributed by atoms with van der Waals surface area (Å²) in [5.74, 6) is 1.07. The van der Waals surface area contributed by atoms with Crippen LogP contribution in [-0.4, -0.2) is 38.1 Å². The Kier molecular flexibility index (Phi) is 5.02. The summed E-state index contributed by atoms with van der Waals surface area (Å²) in [7, 11) is 0. The standard InChI is InChI=1S/C19H16F3N3O5/c20-19(21,22)13-3-1-2-4-14(13)24-17(26)23-8-12-9-25(18(27)30-12)11-5-6-15-16(7-11)29-10-28-15/h1-7,12H,8-10H2,(H2,23,24,26)/t12-/m1/s1. The van der Waals surface area contributed by atoms with Crippen molar-refractivity contribution in [1.29, 1.82) is 0 Å². The van der Waals surface area contributed by atoms with E-state index < -0.39 is 30.0 Å². The largest absolute Gasteiger partial charge is 0.454 e. The van der Waals surface area contributed by atoms with Gasteiger partial charge in [-0.2, -0.15) is 13.2 Å². The molecule has 0 aliphatic carbocycles. The Morgan fingerprint density at radius 3 is 2.70 bits per heavy atom. The third-order valence-electron chi connectivity index (χ3n) is 4.51. The summed E-state index contributed by atoms with van der Waals surface area (Å²) in [6.07, 6.45) is -5.88. The molecule has 2 aliphatic rings. The molecule has 0 aromatic heterocycles. The fourth-order valence-electron chi connectivity index (χ4n) is 3.10. The third kappa shape index (κ3) is 4.04. The fraction of sp³-hybridized carbons (Fsp3) is 0.263. The van der Waals surface area contributed by atoms with Crippen molar-refractivity contribution in [3.8, 4) is 11.5 Å². The number of fused-ring (bicyclic) bond motifs is 1. The van der Waals surface area contributed by atoms with Crippen molar-refractivity contribution in [3.05, 3.63) is 48.0 Å². The maximum atomic E-state index is 13.0. The van der Waals surface area contributed by atoms with Crippen molar-refractivity contribution in [2.24, 2.45) is 0 Å². The van der Waals surface area contributed by atoms with E-state index >= 15 is 0 Å². The number of para-hydroxylation sites is 1. The van der Waals surface area contributed by atoms with E-state index in [9.17, 15) is 22.8 Å². The average molecular weight is 423 g/mol. The molecule has 1 fully saturated rings. The Balaban J connectivity index is 1.34. The lowest BCUT2D eigenvalue weighted by atomic mass is 10.1. The predicted molar refractivity (Wildman–Crippen MR) is 98.6 cm³/mol. The minimum absolute atomic E-state index is 0.0766. The number of benzene rings is 2. The summed E-state index contributed by atoms with van der Waals surface area (Å²) >= 11 is 0. The molecule has 0 spiro atoms. The lowest BCUT2D eigenvalue weighted by molar-refractivity contribution is -0.136. The normalized spacial score (nSPS) is 17.6.